The molecule has 0 radical (unpaired) electrons. The zero-order valence-corrected chi connectivity index (χ0v) is 22.5. The van der Waals surface area contributed by atoms with E-state index in [4.69, 9.17) is 0 Å². The van der Waals surface area contributed by atoms with Crippen molar-refractivity contribution in [2.24, 2.45) is 28.6 Å². The van der Waals surface area contributed by atoms with Crippen LogP contribution in [0.2, 0.25) is 0 Å². The Kier molecular flexibility index (Phi) is 10.5. The van der Waals surface area contributed by atoms with E-state index in [2.05, 4.69) is 77.3 Å². The molecule has 0 amide bonds. The molecule has 0 heterocycles. The summed E-state index contributed by atoms with van der Waals surface area (Å²) < 4.78 is 0. The van der Waals surface area contributed by atoms with Crippen molar-refractivity contribution in [3.63, 3.8) is 0 Å². The van der Waals surface area contributed by atoms with Crippen LogP contribution in [-0.4, -0.2) is 29.5 Å². The van der Waals surface area contributed by atoms with Crippen molar-refractivity contribution in [3.05, 3.63) is 24.3 Å². The molecular formula is C29H54N2O. The molecular weight excluding hydrogens is 392 g/mol. The van der Waals surface area contributed by atoms with Crippen LogP contribution in [0.25, 0.3) is 0 Å². The third-order valence-electron chi connectivity index (χ3n) is 9.16. The fourth-order valence-corrected chi connectivity index (χ4v) is 6.29. The second-order valence-corrected chi connectivity index (χ2v) is 12.1. The summed E-state index contributed by atoms with van der Waals surface area (Å²) in [6.07, 6.45) is 18.5. The molecule has 3 unspecified atom stereocenters. The first kappa shape index (κ1) is 27.6. The van der Waals surface area contributed by atoms with Crippen LogP contribution in [0.3, 0.4) is 0 Å². The quantitative estimate of drug-likeness (QED) is 0.254. The second kappa shape index (κ2) is 12.2. The van der Waals surface area contributed by atoms with Crippen LogP contribution in [-0.2, 0) is 0 Å². The monoisotopic (exact) mass is 446 g/mol. The van der Waals surface area contributed by atoms with Crippen LogP contribution in [0, 0.1) is 28.6 Å². The molecule has 0 aromatic heterocycles. The standard InChI is InChI=1S/C29H54N2O/c1-9-11-21(3)27(32)31-26-18-14-24(15-19-26)29(7,8)23-12-16-25(17-13-23)30-22(4)28(5,6)20-10-2/h9-11,20-27,30-32H,12-19H2,1-8H3. The molecule has 2 rings (SSSR count). The second-order valence-electron chi connectivity index (χ2n) is 12.1. The van der Waals surface area contributed by atoms with Crippen LogP contribution in [0.5, 0.6) is 0 Å². The Hall–Kier alpha value is -0.640. The topological polar surface area (TPSA) is 44.3 Å². The molecule has 0 bridgehead atoms. The van der Waals surface area contributed by atoms with Gasteiger partial charge in [-0.2, -0.15) is 0 Å². The molecule has 0 aromatic rings. The largest absolute Gasteiger partial charge is 0.378 e. The van der Waals surface area contributed by atoms with E-state index in [-0.39, 0.29) is 11.3 Å². The Labute approximate surface area is 199 Å². The van der Waals surface area contributed by atoms with Crippen LogP contribution < -0.4 is 10.6 Å². The summed E-state index contributed by atoms with van der Waals surface area (Å²) in [5.74, 6) is 1.83. The van der Waals surface area contributed by atoms with Gasteiger partial charge in [0, 0.05) is 24.0 Å². The van der Waals surface area contributed by atoms with Crippen LogP contribution in [0.4, 0.5) is 0 Å². The van der Waals surface area contributed by atoms with Gasteiger partial charge in [-0.3, -0.25) is 5.32 Å². The van der Waals surface area contributed by atoms with E-state index in [1.54, 1.807) is 0 Å². The molecule has 186 valence electrons. The molecule has 0 spiro atoms. The van der Waals surface area contributed by atoms with Crippen molar-refractivity contribution in [3.8, 4) is 0 Å². The van der Waals surface area contributed by atoms with E-state index in [0.717, 1.165) is 11.8 Å². The lowest BCUT2D eigenvalue weighted by molar-refractivity contribution is 0.0315. The van der Waals surface area contributed by atoms with Crippen molar-refractivity contribution >= 4 is 0 Å². The highest BCUT2D eigenvalue weighted by Gasteiger charge is 2.41. The normalized spacial score (nSPS) is 31.2. The summed E-state index contributed by atoms with van der Waals surface area (Å²) in [6.45, 7) is 18.3. The predicted molar refractivity (Wildman–Crippen MR) is 140 cm³/mol. The minimum atomic E-state index is -0.427. The summed E-state index contributed by atoms with van der Waals surface area (Å²) in [5, 5.41) is 17.9. The van der Waals surface area contributed by atoms with Crippen LogP contribution in [0.15, 0.2) is 24.3 Å². The number of rotatable bonds is 10. The maximum absolute atomic E-state index is 10.4. The molecule has 0 saturated heterocycles. The zero-order valence-electron chi connectivity index (χ0n) is 22.5. The fourth-order valence-electron chi connectivity index (χ4n) is 6.29. The van der Waals surface area contributed by atoms with E-state index >= 15 is 0 Å². The summed E-state index contributed by atoms with van der Waals surface area (Å²) in [7, 11) is 0. The lowest BCUT2D eigenvalue weighted by atomic mass is 9.60. The first-order chi connectivity index (χ1) is 15.0. The molecule has 0 aromatic carbocycles. The van der Waals surface area contributed by atoms with Gasteiger partial charge in [0.15, 0.2) is 0 Å². The minimum absolute atomic E-state index is 0.171. The van der Waals surface area contributed by atoms with Gasteiger partial charge >= 0.3 is 0 Å². The highest BCUT2D eigenvalue weighted by atomic mass is 16.3. The molecule has 0 aliphatic heterocycles. The van der Waals surface area contributed by atoms with Crippen LogP contribution >= 0.6 is 0 Å². The van der Waals surface area contributed by atoms with Crippen molar-refractivity contribution in [1.82, 2.24) is 10.6 Å². The highest BCUT2D eigenvalue weighted by Crippen LogP contribution is 2.48. The third-order valence-corrected chi connectivity index (χ3v) is 9.16. The Morgan fingerprint density at radius 1 is 0.750 bits per heavy atom. The highest BCUT2D eigenvalue weighted by molar-refractivity contribution is 5.00. The number of hydrogen-bond acceptors (Lipinski definition) is 3. The number of allylic oxidation sites excluding steroid dienone is 2. The molecule has 2 aliphatic carbocycles. The third kappa shape index (κ3) is 7.43. The average Bonchev–Trinajstić information content (AvgIpc) is 2.74. The molecule has 32 heavy (non-hydrogen) atoms. The Morgan fingerprint density at radius 2 is 1.22 bits per heavy atom. The first-order valence-corrected chi connectivity index (χ1v) is 13.5. The smallest absolute Gasteiger partial charge is 0.111 e. The maximum atomic E-state index is 10.4. The van der Waals surface area contributed by atoms with Gasteiger partial charge in [-0.25, -0.2) is 0 Å². The summed E-state index contributed by atoms with van der Waals surface area (Å²) in [6, 6.07) is 1.63. The number of aliphatic hydroxyl groups is 1. The van der Waals surface area contributed by atoms with Gasteiger partial charge in [0.25, 0.3) is 0 Å². The molecule has 2 aliphatic rings. The summed E-state index contributed by atoms with van der Waals surface area (Å²) in [5.41, 5.74) is 0.623. The van der Waals surface area contributed by atoms with Crippen molar-refractivity contribution in [2.45, 2.75) is 131 Å². The lowest BCUT2D eigenvalue weighted by Gasteiger charge is -2.47. The van der Waals surface area contributed by atoms with Crippen molar-refractivity contribution in [1.29, 1.82) is 0 Å². The fraction of sp³-hybridized carbons (Fsp3) is 0.862. The van der Waals surface area contributed by atoms with Gasteiger partial charge < -0.3 is 10.4 Å². The molecule has 3 N–H and O–H groups in total. The maximum Gasteiger partial charge on any atom is 0.111 e. The minimum Gasteiger partial charge on any atom is -0.378 e. The molecule has 3 nitrogen and oxygen atoms in total. The van der Waals surface area contributed by atoms with Crippen LogP contribution in [0.1, 0.15) is 107 Å². The molecule has 2 saturated carbocycles. The number of aliphatic hydroxyl groups excluding tert-OH is 1. The Bertz CT molecular complexity index is 592. The van der Waals surface area contributed by atoms with E-state index in [9.17, 15) is 5.11 Å². The first-order valence-electron chi connectivity index (χ1n) is 13.5. The molecule has 3 atom stereocenters. The summed E-state index contributed by atoms with van der Waals surface area (Å²) >= 11 is 0. The van der Waals surface area contributed by atoms with Gasteiger partial charge in [-0.15, -0.1) is 0 Å². The predicted octanol–water partition coefficient (Wildman–Crippen LogP) is 6.83. The molecule has 3 heteroatoms. The lowest BCUT2D eigenvalue weighted by Crippen LogP contribution is -2.48. The SMILES string of the molecule is CC=CC(C)C(O)NC1CCC(C(C)(C)C2CCC(NC(C)C(C)(C)C=CC)CC2)CC1. The molecule has 2 fully saturated rings. The van der Waals surface area contributed by atoms with Crippen molar-refractivity contribution < 1.29 is 5.11 Å². The zero-order chi connectivity index (χ0) is 23.9. The van der Waals surface area contributed by atoms with Crippen molar-refractivity contribution in [2.75, 3.05) is 0 Å². The summed E-state index contributed by atoms with van der Waals surface area (Å²) in [4.78, 5) is 0. The van der Waals surface area contributed by atoms with E-state index in [1.165, 1.54) is 51.4 Å². The van der Waals surface area contributed by atoms with Gasteiger partial charge in [-0.1, -0.05) is 58.9 Å². The van der Waals surface area contributed by atoms with E-state index < -0.39 is 6.23 Å². The van der Waals surface area contributed by atoms with Gasteiger partial charge in [0.2, 0.25) is 0 Å². The number of hydrogen-bond donors (Lipinski definition) is 3. The van der Waals surface area contributed by atoms with Gasteiger partial charge in [0.05, 0.1) is 0 Å². The average molecular weight is 447 g/mol. The number of nitrogens with one attached hydrogen (secondary N) is 2. The van der Waals surface area contributed by atoms with E-state index in [1.807, 2.05) is 13.0 Å². The van der Waals surface area contributed by atoms with E-state index in [0.29, 0.717) is 23.5 Å². The Balaban J connectivity index is 1.80. The van der Waals surface area contributed by atoms with Gasteiger partial charge in [0.1, 0.15) is 6.23 Å². The Morgan fingerprint density at radius 3 is 1.66 bits per heavy atom. The van der Waals surface area contributed by atoms with Gasteiger partial charge in [-0.05, 0) is 94.8 Å².